The number of non-ortho nitro benzene ring substituents is 1. The van der Waals surface area contributed by atoms with Gasteiger partial charge < -0.3 is 9.84 Å². The monoisotopic (exact) mass is 313 g/mol. The molecule has 0 saturated carbocycles. The van der Waals surface area contributed by atoms with Gasteiger partial charge in [0.15, 0.2) is 5.75 Å². The number of nitro benzene ring substituents is 1. The van der Waals surface area contributed by atoms with E-state index in [0.717, 1.165) is 6.07 Å². The molecule has 1 aromatic rings. The SMILES string of the molecule is O=C(O)c1cc([N+](=O)[O-])cc(Cl)c1OCCC(F)(F)F. The van der Waals surface area contributed by atoms with Crippen molar-refractivity contribution in [1.82, 2.24) is 0 Å². The first-order chi connectivity index (χ1) is 9.11. The number of benzene rings is 1. The van der Waals surface area contributed by atoms with E-state index in [2.05, 4.69) is 4.74 Å². The van der Waals surface area contributed by atoms with Crippen molar-refractivity contribution < 1.29 is 32.7 Å². The lowest BCUT2D eigenvalue weighted by atomic mass is 10.2. The number of hydrogen-bond acceptors (Lipinski definition) is 4. The number of nitrogens with zero attached hydrogens (tertiary/aromatic N) is 1. The van der Waals surface area contributed by atoms with E-state index in [4.69, 9.17) is 16.7 Å². The van der Waals surface area contributed by atoms with E-state index in [1.54, 1.807) is 0 Å². The van der Waals surface area contributed by atoms with Crippen LogP contribution in [0.4, 0.5) is 18.9 Å². The van der Waals surface area contributed by atoms with E-state index in [9.17, 15) is 28.1 Å². The molecule has 10 heteroatoms. The summed E-state index contributed by atoms with van der Waals surface area (Å²) in [5.41, 5.74) is -1.28. The molecule has 110 valence electrons. The largest absolute Gasteiger partial charge is 0.491 e. The molecule has 0 aromatic heterocycles. The van der Waals surface area contributed by atoms with Gasteiger partial charge in [-0.3, -0.25) is 10.1 Å². The van der Waals surface area contributed by atoms with Gasteiger partial charge in [0, 0.05) is 12.1 Å². The summed E-state index contributed by atoms with van der Waals surface area (Å²) < 4.78 is 40.6. The minimum absolute atomic E-state index is 0.446. The van der Waals surface area contributed by atoms with E-state index < -0.39 is 52.1 Å². The first-order valence-corrected chi connectivity index (χ1v) is 5.40. The number of ether oxygens (including phenoxy) is 1. The van der Waals surface area contributed by atoms with Crippen LogP contribution in [0.25, 0.3) is 0 Å². The molecule has 0 radical (unpaired) electrons. The first-order valence-electron chi connectivity index (χ1n) is 5.02. The summed E-state index contributed by atoms with van der Waals surface area (Å²) in [4.78, 5) is 20.6. The Hall–Kier alpha value is -2.03. The summed E-state index contributed by atoms with van der Waals surface area (Å²) >= 11 is 5.60. The zero-order valence-electron chi connectivity index (χ0n) is 9.61. The molecule has 0 unspecified atom stereocenters. The molecule has 0 atom stereocenters. The van der Waals surface area contributed by atoms with E-state index in [1.165, 1.54) is 0 Å². The van der Waals surface area contributed by atoms with Crippen molar-refractivity contribution in [3.05, 3.63) is 32.8 Å². The molecule has 0 amide bonds. The lowest BCUT2D eigenvalue weighted by Gasteiger charge is -2.12. The highest BCUT2D eigenvalue weighted by molar-refractivity contribution is 6.32. The normalized spacial score (nSPS) is 11.2. The van der Waals surface area contributed by atoms with Crippen LogP contribution in [-0.4, -0.2) is 28.8 Å². The van der Waals surface area contributed by atoms with Gasteiger partial charge in [0.1, 0.15) is 5.56 Å². The highest BCUT2D eigenvalue weighted by atomic mass is 35.5. The summed E-state index contributed by atoms with van der Waals surface area (Å²) in [6.07, 6.45) is -5.78. The Balaban J connectivity index is 3.06. The van der Waals surface area contributed by atoms with Gasteiger partial charge in [-0.25, -0.2) is 4.79 Å². The number of hydrogen-bond donors (Lipinski definition) is 1. The molecule has 0 fully saturated rings. The Morgan fingerprint density at radius 1 is 1.45 bits per heavy atom. The van der Waals surface area contributed by atoms with Gasteiger partial charge in [0.25, 0.3) is 5.69 Å². The quantitative estimate of drug-likeness (QED) is 0.665. The number of nitro groups is 1. The summed E-state index contributed by atoms with van der Waals surface area (Å²) in [5.74, 6) is -2.13. The molecule has 1 rings (SSSR count). The Morgan fingerprint density at radius 2 is 2.05 bits per heavy atom. The fourth-order valence-electron chi connectivity index (χ4n) is 1.26. The molecule has 1 aromatic carbocycles. The van der Waals surface area contributed by atoms with Crippen LogP contribution in [0.5, 0.6) is 5.75 Å². The molecule has 0 saturated heterocycles. The molecule has 6 nitrogen and oxygen atoms in total. The number of carboxylic acid groups (broad SMARTS) is 1. The van der Waals surface area contributed by atoms with Gasteiger partial charge in [0.05, 0.1) is 23.0 Å². The number of carboxylic acids is 1. The third-order valence-electron chi connectivity index (χ3n) is 2.10. The lowest BCUT2D eigenvalue weighted by Crippen LogP contribution is -2.14. The maximum Gasteiger partial charge on any atom is 0.392 e. The number of carbonyl (C=O) groups is 1. The van der Waals surface area contributed by atoms with E-state index in [-0.39, 0.29) is 0 Å². The lowest BCUT2D eigenvalue weighted by molar-refractivity contribution is -0.384. The second kappa shape index (κ2) is 5.95. The highest BCUT2D eigenvalue weighted by Gasteiger charge is 2.28. The average molecular weight is 314 g/mol. The maximum atomic E-state index is 12.0. The summed E-state index contributed by atoms with van der Waals surface area (Å²) in [6, 6.07) is 1.47. The van der Waals surface area contributed by atoms with E-state index >= 15 is 0 Å². The Kier molecular flexibility index (Phi) is 4.77. The third kappa shape index (κ3) is 4.26. The van der Waals surface area contributed by atoms with Crippen molar-refractivity contribution in [2.24, 2.45) is 0 Å². The molecule has 0 heterocycles. The number of aromatic carboxylic acids is 1. The maximum absolute atomic E-state index is 12.0. The van der Waals surface area contributed by atoms with Crippen LogP contribution < -0.4 is 4.74 Å². The molecule has 20 heavy (non-hydrogen) atoms. The molecule has 1 N–H and O–H groups in total. The van der Waals surface area contributed by atoms with Crippen molar-refractivity contribution in [3.63, 3.8) is 0 Å². The van der Waals surface area contributed by atoms with Gasteiger partial charge in [0.2, 0.25) is 0 Å². The van der Waals surface area contributed by atoms with Crippen molar-refractivity contribution in [3.8, 4) is 5.75 Å². The average Bonchev–Trinajstić information content (AvgIpc) is 2.28. The summed E-state index contributed by atoms with van der Waals surface area (Å²) in [6.45, 7) is -0.846. The van der Waals surface area contributed by atoms with E-state index in [1.807, 2.05) is 0 Å². The zero-order chi connectivity index (χ0) is 15.5. The minimum atomic E-state index is -4.48. The second-order valence-electron chi connectivity index (χ2n) is 3.58. The van der Waals surface area contributed by atoms with Crippen molar-refractivity contribution in [2.45, 2.75) is 12.6 Å². The first kappa shape index (κ1) is 16.0. The fourth-order valence-corrected chi connectivity index (χ4v) is 1.53. The van der Waals surface area contributed by atoms with Crippen molar-refractivity contribution >= 4 is 23.3 Å². The number of halogens is 4. The standard InChI is InChI=1S/C10H7ClF3NO5/c11-7-4-5(15(18)19)3-6(9(16)17)8(7)20-2-1-10(12,13)14/h3-4H,1-2H2,(H,16,17). The predicted octanol–water partition coefficient (Wildman–Crippen LogP) is 3.28. The van der Waals surface area contributed by atoms with Gasteiger partial charge in [-0.05, 0) is 0 Å². The van der Waals surface area contributed by atoms with Gasteiger partial charge in [-0.1, -0.05) is 11.6 Å². The van der Waals surface area contributed by atoms with E-state index in [0.29, 0.717) is 6.07 Å². The van der Waals surface area contributed by atoms with Crippen molar-refractivity contribution in [1.29, 1.82) is 0 Å². The highest BCUT2D eigenvalue weighted by Crippen LogP contribution is 2.34. The molecular formula is C10H7ClF3NO5. The number of rotatable bonds is 5. The second-order valence-corrected chi connectivity index (χ2v) is 3.99. The fraction of sp³-hybridized carbons (Fsp3) is 0.300. The third-order valence-corrected chi connectivity index (χ3v) is 2.38. The summed E-state index contributed by atoms with van der Waals surface area (Å²) in [7, 11) is 0. The molecule has 0 aliphatic carbocycles. The smallest absolute Gasteiger partial charge is 0.392 e. The topological polar surface area (TPSA) is 89.7 Å². The van der Waals surface area contributed by atoms with Gasteiger partial charge in [-0.2, -0.15) is 13.2 Å². The van der Waals surface area contributed by atoms with Crippen LogP contribution in [-0.2, 0) is 0 Å². The van der Waals surface area contributed by atoms with Crippen LogP contribution >= 0.6 is 11.6 Å². The Bertz CT molecular complexity index is 546. The van der Waals surface area contributed by atoms with Crippen LogP contribution in [0.2, 0.25) is 5.02 Å². The van der Waals surface area contributed by atoms with Crippen LogP contribution in [0.15, 0.2) is 12.1 Å². The Morgan fingerprint density at radius 3 is 2.50 bits per heavy atom. The molecular weight excluding hydrogens is 307 g/mol. The molecule has 0 spiro atoms. The van der Waals surface area contributed by atoms with Crippen LogP contribution in [0.3, 0.4) is 0 Å². The molecule has 0 aliphatic rings. The minimum Gasteiger partial charge on any atom is -0.491 e. The van der Waals surface area contributed by atoms with Gasteiger partial charge in [-0.15, -0.1) is 0 Å². The van der Waals surface area contributed by atoms with Crippen molar-refractivity contribution in [2.75, 3.05) is 6.61 Å². The number of alkyl halides is 3. The Labute approximate surface area is 114 Å². The molecule has 0 bridgehead atoms. The van der Waals surface area contributed by atoms with Crippen LogP contribution in [0, 0.1) is 10.1 Å². The zero-order valence-corrected chi connectivity index (χ0v) is 10.4. The van der Waals surface area contributed by atoms with Gasteiger partial charge >= 0.3 is 12.1 Å². The predicted molar refractivity (Wildman–Crippen MR) is 61.2 cm³/mol. The summed E-state index contributed by atoms with van der Waals surface area (Å²) in [5, 5.41) is 19.0. The molecule has 0 aliphatic heterocycles. The van der Waals surface area contributed by atoms with Crippen LogP contribution in [0.1, 0.15) is 16.8 Å².